The number of aryl methyl sites for hydroxylation is 1. The Morgan fingerprint density at radius 3 is 2.50 bits per heavy atom. The maximum absolute atomic E-state index is 13.2. The van der Waals surface area contributed by atoms with E-state index in [2.05, 4.69) is 5.32 Å². The lowest BCUT2D eigenvalue weighted by Crippen LogP contribution is -2.35. The van der Waals surface area contributed by atoms with Gasteiger partial charge in [-0.05, 0) is 60.4 Å². The normalized spacial score (nSPS) is 14.0. The molecule has 0 fully saturated rings. The molecule has 1 N–H and O–H groups in total. The summed E-state index contributed by atoms with van der Waals surface area (Å²) in [6.45, 7) is 2.77. The topological polar surface area (TPSA) is 69.7 Å². The molecule has 166 valence electrons. The largest absolute Gasteiger partial charge is 0.355 e. The second-order valence-electron chi connectivity index (χ2n) is 8.14. The molecule has 0 saturated heterocycles. The molecule has 32 heavy (non-hydrogen) atoms. The van der Waals surface area contributed by atoms with Gasteiger partial charge in [0, 0.05) is 42.8 Å². The molecule has 1 aliphatic rings. The van der Waals surface area contributed by atoms with E-state index < -0.39 is 10.0 Å². The van der Waals surface area contributed by atoms with Gasteiger partial charge >= 0.3 is 0 Å². The summed E-state index contributed by atoms with van der Waals surface area (Å²) in [6.07, 6.45) is 1.89. The SMILES string of the molecule is Cc1ccc(Nc2cccc3c2CCN(S(C)(=O)=O)C3)cc1C(=O)N(C)c1ccccc1. The molecule has 0 spiro atoms. The number of hydrogen-bond acceptors (Lipinski definition) is 4. The average molecular weight is 450 g/mol. The summed E-state index contributed by atoms with van der Waals surface area (Å²) in [5.74, 6) is -0.0729. The van der Waals surface area contributed by atoms with E-state index in [1.54, 1.807) is 11.9 Å². The Kier molecular flexibility index (Phi) is 6.04. The quantitative estimate of drug-likeness (QED) is 0.629. The lowest BCUT2D eigenvalue weighted by molar-refractivity contribution is 0.0992. The molecule has 0 aliphatic carbocycles. The second-order valence-corrected chi connectivity index (χ2v) is 10.1. The van der Waals surface area contributed by atoms with E-state index in [9.17, 15) is 13.2 Å². The van der Waals surface area contributed by atoms with Crippen LogP contribution in [0.25, 0.3) is 0 Å². The summed E-state index contributed by atoms with van der Waals surface area (Å²) in [4.78, 5) is 14.8. The van der Waals surface area contributed by atoms with Crippen molar-refractivity contribution < 1.29 is 13.2 Å². The number of para-hydroxylation sites is 1. The molecule has 3 aromatic carbocycles. The van der Waals surface area contributed by atoms with E-state index in [0.29, 0.717) is 25.1 Å². The molecular formula is C25H27N3O3S. The Morgan fingerprint density at radius 2 is 1.78 bits per heavy atom. The van der Waals surface area contributed by atoms with Gasteiger partial charge < -0.3 is 10.2 Å². The molecule has 0 atom stereocenters. The van der Waals surface area contributed by atoms with E-state index in [1.807, 2.05) is 73.7 Å². The summed E-state index contributed by atoms with van der Waals surface area (Å²) in [7, 11) is -1.44. The average Bonchev–Trinajstić information content (AvgIpc) is 2.79. The Morgan fingerprint density at radius 1 is 1.03 bits per heavy atom. The predicted octanol–water partition coefficient (Wildman–Crippen LogP) is 4.33. The van der Waals surface area contributed by atoms with E-state index in [4.69, 9.17) is 0 Å². The Hall–Kier alpha value is -3.16. The standard InChI is InChI=1S/C25H27N3O3S/c1-18-12-13-20(16-23(18)25(29)27(2)21-9-5-4-6-10-21)26-24-11-7-8-19-17-28(32(3,30)31)15-14-22(19)24/h4-13,16,26H,14-15,17H2,1-3H3. The fourth-order valence-corrected chi connectivity index (χ4v) is 4.82. The highest BCUT2D eigenvalue weighted by atomic mass is 32.2. The van der Waals surface area contributed by atoms with Crippen molar-refractivity contribution in [2.24, 2.45) is 0 Å². The second kappa shape index (κ2) is 8.76. The summed E-state index contributed by atoms with van der Waals surface area (Å²) in [5.41, 5.74) is 6.24. The van der Waals surface area contributed by atoms with Gasteiger partial charge in [-0.25, -0.2) is 8.42 Å². The van der Waals surface area contributed by atoms with Crippen LogP contribution in [-0.2, 0) is 23.0 Å². The molecule has 3 aromatic rings. The molecular weight excluding hydrogens is 422 g/mol. The van der Waals surface area contributed by atoms with Crippen molar-refractivity contribution in [3.8, 4) is 0 Å². The number of anilines is 3. The predicted molar refractivity (Wildman–Crippen MR) is 129 cm³/mol. The highest BCUT2D eigenvalue weighted by Crippen LogP contribution is 2.30. The third-order valence-electron chi connectivity index (χ3n) is 5.90. The third-order valence-corrected chi connectivity index (χ3v) is 7.14. The number of carbonyl (C=O) groups excluding carboxylic acids is 1. The van der Waals surface area contributed by atoms with E-state index in [-0.39, 0.29) is 5.91 Å². The number of nitrogens with zero attached hydrogens (tertiary/aromatic N) is 2. The fraction of sp³-hybridized carbons (Fsp3) is 0.240. The molecule has 1 aliphatic heterocycles. The summed E-state index contributed by atoms with van der Waals surface area (Å²) in [5, 5.41) is 3.45. The molecule has 1 amide bonds. The van der Waals surface area contributed by atoms with Crippen LogP contribution < -0.4 is 10.2 Å². The van der Waals surface area contributed by atoms with Crippen LogP contribution in [0.1, 0.15) is 27.0 Å². The van der Waals surface area contributed by atoms with Gasteiger partial charge in [0.25, 0.3) is 5.91 Å². The number of carbonyl (C=O) groups is 1. The van der Waals surface area contributed by atoms with Crippen LogP contribution >= 0.6 is 0 Å². The minimum Gasteiger partial charge on any atom is -0.355 e. The zero-order valence-electron chi connectivity index (χ0n) is 18.5. The maximum atomic E-state index is 13.2. The summed E-state index contributed by atoms with van der Waals surface area (Å²) >= 11 is 0. The van der Waals surface area contributed by atoms with Crippen LogP contribution in [0, 0.1) is 6.92 Å². The first kappa shape index (κ1) is 22.0. The van der Waals surface area contributed by atoms with Crippen LogP contribution in [0.15, 0.2) is 66.7 Å². The van der Waals surface area contributed by atoms with Gasteiger partial charge in [-0.3, -0.25) is 4.79 Å². The van der Waals surface area contributed by atoms with Crippen molar-refractivity contribution in [1.29, 1.82) is 0 Å². The zero-order valence-corrected chi connectivity index (χ0v) is 19.3. The lowest BCUT2D eigenvalue weighted by atomic mass is 9.98. The highest BCUT2D eigenvalue weighted by molar-refractivity contribution is 7.88. The van der Waals surface area contributed by atoms with E-state index in [1.165, 1.54) is 10.6 Å². The van der Waals surface area contributed by atoms with Crippen molar-refractivity contribution in [2.45, 2.75) is 19.9 Å². The van der Waals surface area contributed by atoms with Crippen molar-refractivity contribution >= 4 is 33.0 Å². The minimum absolute atomic E-state index is 0.0729. The Labute approximate surface area is 189 Å². The van der Waals surface area contributed by atoms with Crippen LogP contribution in [0.3, 0.4) is 0 Å². The van der Waals surface area contributed by atoms with Crippen molar-refractivity contribution in [1.82, 2.24) is 4.31 Å². The van der Waals surface area contributed by atoms with Gasteiger partial charge in [0.05, 0.1) is 6.26 Å². The number of sulfonamides is 1. The van der Waals surface area contributed by atoms with Gasteiger partial charge in [-0.15, -0.1) is 0 Å². The van der Waals surface area contributed by atoms with Crippen LogP contribution in [0.4, 0.5) is 17.1 Å². The van der Waals surface area contributed by atoms with Crippen molar-refractivity contribution in [3.05, 3.63) is 89.0 Å². The first-order chi connectivity index (χ1) is 15.2. The molecule has 4 rings (SSSR count). The fourth-order valence-electron chi connectivity index (χ4n) is 4.02. The van der Waals surface area contributed by atoms with Gasteiger partial charge in [0.2, 0.25) is 10.0 Å². The number of rotatable bonds is 5. The van der Waals surface area contributed by atoms with Gasteiger partial charge in [-0.2, -0.15) is 4.31 Å². The number of hydrogen-bond donors (Lipinski definition) is 1. The van der Waals surface area contributed by atoms with Gasteiger partial charge in [0.1, 0.15) is 0 Å². The van der Waals surface area contributed by atoms with Crippen LogP contribution in [0.2, 0.25) is 0 Å². The molecule has 0 bridgehead atoms. The number of fused-ring (bicyclic) bond motifs is 1. The van der Waals surface area contributed by atoms with Crippen LogP contribution in [0.5, 0.6) is 0 Å². The zero-order chi connectivity index (χ0) is 22.9. The number of nitrogens with one attached hydrogen (secondary N) is 1. The number of benzene rings is 3. The molecule has 0 aromatic heterocycles. The molecule has 7 heteroatoms. The first-order valence-corrected chi connectivity index (χ1v) is 12.4. The summed E-state index contributed by atoms with van der Waals surface area (Å²) in [6, 6.07) is 21.2. The van der Waals surface area contributed by atoms with Gasteiger partial charge in [-0.1, -0.05) is 36.4 Å². The van der Waals surface area contributed by atoms with Crippen LogP contribution in [-0.4, -0.2) is 38.5 Å². The smallest absolute Gasteiger partial charge is 0.258 e. The molecule has 0 unspecified atom stereocenters. The van der Waals surface area contributed by atoms with E-state index >= 15 is 0 Å². The Balaban J connectivity index is 1.60. The molecule has 1 heterocycles. The molecule has 0 saturated carbocycles. The first-order valence-electron chi connectivity index (χ1n) is 10.5. The highest BCUT2D eigenvalue weighted by Gasteiger charge is 2.24. The van der Waals surface area contributed by atoms with Crippen molar-refractivity contribution in [3.63, 3.8) is 0 Å². The molecule has 0 radical (unpaired) electrons. The van der Waals surface area contributed by atoms with E-state index in [0.717, 1.165) is 33.8 Å². The summed E-state index contributed by atoms with van der Waals surface area (Å²) < 4.78 is 25.4. The third kappa shape index (κ3) is 4.54. The molecule has 6 nitrogen and oxygen atoms in total. The minimum atomic E-state index is -3.22. The lowest BCUT2D eigenvalue weighted by Gasteiger charge is -2.28. The van der Waals surface area contributed by atoms with Gasteiger partial charge in [0.15, 0.2) is 0 Å². The monoisotopic (exact) mass is 449 g/mol. The number of amides is 1. The maximum Gasteiger partial charge on any atom is 0.258 e. The Bertz CT molecular complexity index is 1260. The van der Waals surface area contributed by atoms with Crippen molar-refractivity contribution in [2.75, 3.05) is 30.1 Å².